The highest BCUT2D eigenvalue weighted by Crippen LogP contribution is 2.35. The van der Waals surface area contributed by atoms with Crippen LogP contribution in [0.2, 0.25) is 0 Å². The third kappa shape index (κ3) is 4.37. The molecule has 2 atom stereocenters. The first kappa shape index (κ1) is 20.9. The van der Waals surface area contributed by atoms with Crippen LogP contribution in [0.15, 0.2) is 16.9 Å². The largest absolute Gasteiger partial charge is 0.379 e. The standard InChI is InChI=1S/C21H31N5O4/c1-2-22-21(29)25-12-15-11-16(14-25)18-4-3-17(20(28)26(18)13-15)19(27)23-5-6-24-7-9-30-10-8-24/h3-4,15-16H,2,5-14H2,1H3,(H,22,29)(H,23,27)/t15-,16+/m0/s1. The second-order valence-corrected chi connectivity index (χ2v) is 8.34. The van der Waals surface area contributed by atoms with Crippen LogP contribution in [0.1, 0.15) is 35.3 Å². The first-order chi connectivity index (χ1) is 14.6. The number of likely N-dealkylation sites (tertiary alicyclic amines) is 1. The SMILES string of the molecule is CCNC(=O)N1C[C@@H]2C[C@H](C1)c1ccc(C(=O)NCCN3CCOCC3)c(=O)n1C2. The first-order valence-electron chi connectivity index (χ1n) is 10.9. The Morgan fingerprint density at radius 3 is 2.70 bits per heavy atom. The van der Waals surface area contributed by atoms with Gasteiger partial charge in [-0.15, -0.1) is 0 Å². The van der Waals surface area contributed by atoms with E-state index in [0.29, 0.717) is 32.7 Å². The van der Waals surface area contributed by atoms with Gasteiger partial charge in [0.2, 0.25) is 0 Å². The van der Waals surface area contributed by atoms with Crippen molar-refractivity contribution < 1.29 is 14.3 Å². The number of aromatic nitrogens is 1. The average Bonchev–Trinajstić information content (AvgIpc) is 2.75. The topological polar surface area (TPSA) is 95.9 Å². The Labute approximate surface area is 176 Å². The van der Waals surface area contributed by atoms with Gasteiger partial charge in [0.25, 0.3) is 11.5 Å². The zero-order valence-electron chi connectivity index (χ0n) is 17.6. The molecule has 2 bridgehead atoms. The minimum Gasteiger partial charge on any atom is -0.379 e. The van der Waals surface area contributed by atoms with Crippen molar-refractivity contribution in [2.45, 2.75) is 25.8 Å². The number of piperidine rings is 1. The summed E-state index contributed by atoms with van der Waals surface area (Å²) in [5.74, 6) is 0.0469. The maximum absolute atomic E-state index is 13.1. The molecule has 0 aliphatic carbocycles. The lowest BCUT2D eigenvalue weighted by Gasteiger charge is -2.42. The molecule has 9 heteroatoms. The highest BCUT2D eigenvalue weighted by atomic mass is 16.5. The number of rotatable bonds is 5. The predicted molar refractivity (Wildman–Crippen MR) is 112 cm³/mol. The lowest BCUT2D eigenvalue weighted by atomic mass is 9.83. The van der Waals surface area contributed by atoms with Gasteiger partial charge in [-0.1, -0.05) is 0 Å². The third-order valence-electron chi connectivity index (χ3n) is 6.28. The van der Waals surface area contributed by atoms with Crippen molar-refractivity contribution in [3.8, 4) is 0 Å². The van der Waals surface area contributed by atoms with Gasteiger partial charge in [0.05, 0.1) is 13.2 Å². The molecule has 0 aromatic carbocycles. The van der Waals surface area contributed by atoms with Crippen molar-refractivity contribution in [3.63, 3.8) is 0 Å². The van der Waals surface area contributed by atoms with Crippen LogP contribution in [0.4, 0.5) is 4.79 Å². The van der Waals surface area contributed by atoms with E-state index in [9.17, 15) is 14.4 Å². The Morgan fingerprint density at radius 2 is 1.93 bits per heavy atom. The molecule has 4 heterocycles. The number of amides is 3. The van der Waals surface area contributed by atoms with Crippen LogP contribution >= 0.6 is 0 Å². The van der Waals surface area contributed by atoms with Gasteiger partial charge < -0.3 is 24.8 Å². The summed E-state index contributed by atoms with van der Waals surface area (Å²) in [4.78, 5) is 42.0. The summed E-state index contributed by atoms with van der Waals surface area (Å²) in [7, 11) is 0. The number of carbonyl (C=O) groups is 2. The van der Waals surface area contributed by atoms with Crippen molar-refractivity contribution in [2.75, 3.05) is 59.0 Å². The van der Waals surface area contributed by atoms with Crippen LogP contribution < -0.4 is 16.2 Å². The minimum atomic E-state index is -0.316. The molecule has 3 aliphatic rings. The van der Waals surface area contributed by atoms with Crippen molar-refractivity contribution in [1.29, 1.82) is 0 Å². The van der Waals surface area contributed by atoms with Gasteiger partial charge in [0.1, 0.15) is 5.56 Å². The molecule has 30 heavy (non-hydrogen) atoms. The van der Waals surface area contributed by atoms with Gasteiger partial charge in [-0.2, -0.15) is 0 Å². The van der Waals surface area contributed by atoms with Crippen LogP contribution in [0.3, 0.4) is 0 Å². The smallest absolute Gasteiger partial charge is 0.317 e. The van der Waals surface area contributed by atoms with Gasteiger partial charge in [-0.3, -0.25) is 14.5 Å². The normalized spacial score (nSPS) is 23.6. The van der Waals surface area contributed by atoms with Gasteiger partial charge in [-0.25, -0.2) is 4.79 Å². The van der Waals surface area contributed by atoms with Crippen molar-refractivity contribution in [3.05, 3.63) is 33.7 Å². The molecule has 164 valence electrons. The predicted octanol–water partition coefficient (Wildman–Crippen LogP) is 0.0589. The monoisotopic (exact) mass is 417 g/mol. The summed E-state index contributed by atoms with van der Waals surface area (Å²) in [5.41, 5.74) is 0.897. The van der Waals surface area contributed by atoms with E-state index in [0.717, 1.165) is 45.0 Å². The number of nitrogens with one attached hydrogen (secondary N) is 2. The number of carbonyl (C=O) groups excluding carboxylic acids is 2. The molecule has 2 saturated heterocycles. The van der Waals surface area contributed by atoms with E-state index in [1.54, 1.807) is 10.6 Å². The van der Waals surface area contributed by atoms with E-state index in [-0.39, 0.29) is 34.9 Å². The first-order valence-corrected chi connectivity index (χ1v) is 10.9. The third-order valence-corrected chi connectivity index (χ3v) is 6.28. The van der Waals surface area contributed by atoms with Crippen molar-refractivity contribution in [1.82, 2.24) is 25.0 Å². The molecule has 0 radical (unpaired) electrons. The van der Waals surface area contributed by atoms with Gasteiger partial charge in [-0.05, 0) is 31.4 Å². The maximum atomic E-state index is 13.1. The lowest BCUT2D eigenvalue weighted by molar-refractivity contribution is 0.0383. The molecule has 2 fully saturated rings. The van der Waals surface area contributed by atoms with Crippen LogP contribution in [0.25, 0.3) is 0 Å². The fraction of sp³-hybridized carbons (Fsp3) is 0.667. The van der Waals surface area contributed by atoms with E-state index >= 15 is 0 Å². The number of pyridine rings is 1. The molecule has 1 aromatic rings. The fourth-order valence-corrected chi connectivity index (χ4v) is 4.80. The Bertz CT molecular complexity index is 848. The Kier molecular flexibility index (Phi) is 6.38. The number of urea groups is 1. The Hall–Kier alpha value is -2.39. The second kappa shape index (κ2) is 9.18. The average molecular weight is 418 g/mol. The minimum absolute atomic E-state index is 0.0423. The van der Waals surface area contributed by atoms with Gasteiger partial charge >= 0.3 is 6.03 Å². The summed E-state index contributed by atoms with van der Waals surface area (Å²) in [6.45, 7) is 8.75. The van der Waals surface area contributed by atoms with E-state index in [1.165, 1.54) is 0 Å². The summed E-state index contributed by atoms with van der Waals surface area (Å²) < 4.78 is 7.08. The fourth-order valence-electron chi connectivity index (χ4n) is 4.80. The second-order valence-electron chi connectivity index (χ2n) is 8.34. The molecule has 0 unspecified atom stereocenters. The van der Waals surface area contributed by atoms with Crippen molar-refractivity contribution >= 4 is 11.9 Å². The number of hydrogen-bond acceptors (Lipinski definition) is 5. The van der Waals surface area contributed by atoms with E-state index in [4.69, 9.17) is 4.74 Å². The summed E-state index contributed by atoms with van der Waals surface area (Å²) >= 11 is 0. The molecular weight excluding hydrogens is 386 g/mol. The number of fused-ring (bicyclic) bond motifs is 4. The molecular formula is C21H31N5O4. The number of hydrogen-bond donors (Lipinski definition) is 2. The summed E-state index contributed by atoms with van der Waals surface area (Å²) in [6.07, 6.45) is 0.973. The van der Waals surface area contributed by atoms with Crippen molar-refractivity contribution in [2.24, 2.45) is 5.92 Å². The zero-order chi connectivity index (χ0) is 21.1. The highest BCUT2D eigenvalue weighted by Gasteiger charge is 2.36. The molecule has 9 nitrogen and oxygen atoms in total. The lowest BCUT2D eigenvalue weighted by Crippen LogP contribution is -2.52. The van der Waals surface area contributed by atoms with Crippen LogP contribution in [0, 0.1) is 5.92 Å². The number of morpholine rings is 1. The molecule has 0 saturated carbocycles. The highest BCUT2D eigenvalue weighted by molar-refractivity contribution is 5.93. The van der Waals surface area contributed by atoms with E-state index in [1.807, 2.05) is 17.9 Å². The maximum Gasteiger partial charge on any atom is 0.317 e. The molecule has 4 rings (SSSR count). The molecule has 3 aliphatic heterocycles. The molecule has 2 N–H and O–H groups in total. The Balaban J connectivity index is 1.42. The summed E-state index contributed by atoms with van der Waals surface area (Å²) in [5, 5.41) is 5.75. The quantitative estimate of drug-likeness (QED) is 0.706. The van der Waals surface area contributed by atoms with Gasteiger partial charge in [0.15, 0.2) is 0 Å². The van der Waals surface area contributed by atoms with E-state index < -0.39 is 0 Å². The number of ether oxygens (including phenoxy) is 1. The Morgan fingerprint density at radius 1 is 1.13 bits per heavy atom. The zero-order valence-corrected chi connectivity index (χ0v) is 17.6. The van der Waals surface area contributed by atoms with Crippen LogP contribution in [-0.2, 0) is 11.3 Å². The molecule has 3 amide bonds. The van der Waals surface area contributed by atoms with E-state index in [2.05, 4.69) is 15.5 Å². The van der Waals surface area contributed by atoms with Crippen LogP contribution in [0.5, 0.6) is 0 Å². The molecule has 0 spiro atoms. The summed E-state index contributed by atoms with van der Waals surface area (Å²) in [6, 6.07) is 3.49. The van der Waals surface area contributed by atoms with Gasteiger partial charge in [0, 0.05) is 64.0 Å². The molecule has 1 aromatic heterocycles. The number of nitrogens with zero attached hydrogens (tertiary/aromatic N) is 3. The van der Waals surface area contributed by atoms with Crippen LogP contribution in [-0.4, -0.2) is 85.3 Å².